The number of nitrogens with two attached hydrogens (primary N) is 1. The topological polar surface area (TPSA) is 84.6 Å². The molecule has 4 N–H and O–H groups in total. The average molecular weight is 244 g/mol. The Bertz CT molecular complexity index is 256. The Labute approximate surface area is 103 Å². The Balaban J connectivity index is 2.31. The summed E-state index contributed by atoms with van der Waals surface area (Å²) >= 11 is 0. The smallest absolute Gasteiger partial charge is 0.227 e. The van der Waals surface area contributed by atoms with Gasteiger partial charge in [-0.2, -0.15) is 0 Å². The van der Waals surface area contributed by atoms with Gasteiger partial charge in [-0.15, -0.1) is 0 Å². The lowest BCUT2D eigenvalue weighted by atomic mass is 9.87. The number of carbonyl (C=O) groups is 1. The fourth-order valence-electron chi connectivity index (χ4n) is 1.94. The normalized spacial score (nSPS) is 24.9. The molecule has 17 heavy (non-hydrogen) atoms. The van der Waals surface area contributed by atoms with Gasteiger partial charge in [-0.05, 0) is 18.3 Å². The number of aliphatic hydroxyl groups excluding tert-OH is 1. The van der Waals surface area contributed by atoms with E-state index >= 15 is 0 Å². The summed E-state index contributed by atoms with van der Waals surface area (Å²) in [6, 6.07) is -0.185. The Morgan fingerprint density at radius 3 is 2.76 bits per heavy atom. The molecule has 1 rings (SSSR count). The molecule has 5 heteroatoms. The van der Waals surface area contributed by atoms with Gasteiger partial charge in [-0.3, -0.25) is 4.79 Å². The van der Waals surface area contributed by atoms with Crippen molar-refractivity contribution in [3.05, 3.63) is 0 Å². The second-order valence-electron chi connectivity index (χ2n) is 5.52. The molecule has 2 unspecified atom stereocenters. The summed E-state index contributed by atoms with van der Waals surface area (Å²) < 4.78 is 5.17. The van der Waals surface area contributed by atoms with Gasteiger partial charge in [0.2, 0.25) is 5.91 Å². The summed E-state index contributed by atoms with van der Waals surface area (Å²) in [7, 11) is 0. The van der Waals surface area contributed by atoms with Gasteiger partial charge in [0.1, 0.15) is 0 Å². The molecule has 0 radical (unpaired) electrons. The molecule has 0 aliphatic carbocycles. The van der Waals surface area contributed by atoms with E-state index in [-0.39, 0.29) is 29.9 Å². The summed E-state index contributed by atoms with van der Waals surface area (Å²) in [5, 5.41) is 11.7. The van der Waals surface area contributed by atoms with Crippen molar-refractivity contribution in [2.45, 2.75) is 32.7 Å². The number of hydrogen-bond donors (Lipinski definition) is 3. The van der Waals surface area contributed by atoms with Crippen molar-refractivity contribution < 1.29 is 14.6 Å². The molecule has 1 amide bonds. The van der Waals surface area contributed by atoms with Crippen molar-refractivity contribution in [2.24, 2.45) is 17.1 Å². The SMILES string of the molecule is CC(C)(CCCO)CNC(=O)C1COCC1N. The van der Waals surface area contributed by atoms with Crippen LogP contribution in [0.4, 0.5) is 0 Å². The first-order chi connectivity index (χ1) is 7.96. The molecule has 1 aliphatic heterocycles. The monoisotopic (exact) mass is 244 g/mol. The van der Waals surface area contributed by atoms with Crippen LogP contribution < -0.4 is 11.1 Å². The second kappa shape index (κ2) is 6.33. The van der Waals surface area contributed by atoms with Crippen molar-refractivity contribution in [1.29, 1.82) is 0 Å². The molecule has 100 valence electrons. The first-order valence-corrected chi connectivity index (χ1v) is 6.18. The number of amides is 1. The number of nitrogens with one attached hydrogen (secondary N) is 1. The number of ether oxygens (including phenoxy) is 1. The van der Waals surface area contributed by atoms with Crippen molar-refractivity contribution in [2.75, 3.05) is 26.4 Å². The van der Waals surface area contributed by atoms with Crippen LogP contribution in [0.15, 0.2) is 0 Å². The highest BCUT2D eigenvalue weighted by Crippen LogP contribution is 2.21. The maximum absolute atomic E-state index is 11.9. The highest BCUT2D eigenvalue weighted by atomic mass is 16.5. The maximum atomic E-state index is 11.9. The number of aliphatic hydroxyl groups is 1. The van der Waals surface area contributed by atoms with Crippen molar-refractivity contribution in [1.82, 2.24) is 5.32 Å². The van der Waals surface area contributed by atoms with E-state index in [4.69, 9.17) is 15.6 Å². The molecule has 0 bridgehead atoms. The number of carbonyl (C=O) groups excluding carboxylic acids is 1. The van der Waals surface area contributed by atoms with Crippen LogP contribution in [-0.4, -0.2) is 43.4 Å². The Kier molecular flexibility index (Phi) is 5.36. The van der Waals surface area contributed by atoms with E-state index in [1.54, 1.807) is 0 Å². The Hall–Kier alpha value is -0.650. The van der Waals surface area contributed by atoms with E-state index < -0.39 is 0 Å². The van der Waals surface area contributed by atoms with E-state index in [2.05, 4.69) is 19.2 Å². The zero-order valence-corrected chi connectivity index (χ0v) is 10.7. The van der Waals surface area contributed by atoms with Gasteiger partial charge in [0.15, 0.2) is 0 Å². The minimum atomic E-state index is -0.219. The third kappa shape index (κ3) is 4.61. The Morgan fingerprint density at radius 2 is 2.24 bits per heavy atom. The minimum absolute atomic E-state index is 0.00193. The molecule has 1 heterocycles. The molecule has 1 fully saturated rings. The van der Waals surface area contributed by atoms with Gasteiger partial charge in [-0.25, -0.2) is 0 Å². The predicted octanol–water partition coefficient (Wildman–Crippen LogP) is -0.125. The van der Waals surface area contributed by atoms with Crippen LogP contribution in [0.5, 0.6) is 0 Å². The van der Waals surface area contributed by atoms with Crippen LogP contribution in [0.25, 0.3) is 0 Å². The van der Waals surface area contributed by atoms with Crippen molar-refractivity contribution in [3.63, 3.8) is 0 Å². The third-order valence-corrected chi connectivity index (χ3v) is 3.21. The average Bonchev–Trinajstić information content (AvgIpc) is 2.70. The molecule has 0 aromatic carbocycles. The Morgan fingerprint density at radius 1 is 1.53 bits per heavy atom. The van der Waals surface area contributed by atoms with Crippen LogP contribution in [0.2, 0.25) is 0 Å². The van der Waals surface area contributed by atoms with Crippen LogP contribution in [0.3, 0.4) is 0 Å². The van der Waals surface area contributed by atoms with Gasteiger partial charge in [-0.1, -0.05) is 13.8 Å². The summed E-state index contributed by atoms with van der Waals surface area (Å²) in [6.45, 7) is 5.84. The molecular weight excluding hydrogens is 220 g/mol. The van der Waals surface area contributed by atoms with E-state index in [1.165, 1.54) is 0 Å². The lowest BCUT2D eigenvalue weighted by Crippen LogP contribution is -2.43. The number of hydrogen-bond acceptors (Lipinski definition) is 4. The van der Waals surface area contributed by atoms with Crippen LogP contribution >= 0.6 is 0 Å². The number of rotatable bonds is 6. The van der Waals surface area contributed by atoms with Crippen molar-refractivity contribution >= 4 is 5.91 Å². The molecular formula is C12H24N2O3. The lowest BCUT2D eigenvalue weighted by molar-refractivity contribution is -0.125. The van der Waals surface area contributed by atoms with Gasteiger partial charge in [0, 0.05) is 19.2 Å². The third-order valence-electron chi connectivity index (χ3n) is 3.21. The van der Waals surface area contributed by atoms with Gasteiger partial charge < -0.3 is 20.9 Å². The second-order valence-corrected chi connectivity index (χ2v) is 5.52. The van der Waals surface area contributed by atoms with Gasteiger partial charge in [0.25, 0.3) is 0 Å². The largest absolute Gasteiger partial charge is 0.396 e. The summed E-state index contributed by atoms with van der Waals surface area (Å²) in [5.41, 5.74) is 5.78. The molecule has 2 atom stereocenters. The molecule has 0 aromatic heterocycles. The fraction of sp³-hybridized carbons (Fsp3) is 0.917. The van der Waals surface area contributed by atoms with Crippen LogP contribution in [-0.2, 0) is 9.53 Å². The van der Waals surface area contributed by atoms with E-state index in [0.717, 1.165) is 12.8 Å². The first kappa shape index (κ1) is 14.4. The molecule has 1 saturated heterocycles. The minimum Gasteiger partial charge on any atom is -0.396 e. The highest BCUT2D eigenvalue weighted by molar-refractivity contribution is 5.79. The van der Waals surface area contributed by atoms with Crippen LogP contribution in [0, 0.1) is 11.3 Å². The zero-order chi connectivity index (χ0) is 12.9. The molecule has 0 saturated carbocycles. The van der Waals surface area contributed by atoms with E-state index in [9.17, 15) is 4.79 Å². The lowest BCUT2D eigenvalue weighted by Gasteiger charge is -2.25. The maximum Gasteiger partial charge on any atom is 0.227 e. The first-order valence-electron chi connectivity index (χ1n) is 6.18. The molecule has 5 nitrogen and oxygen atoms in total. The fourth-order valence-corrected chi connectivity index (χ4v) is 1.94. The predicted molar refractivity (Wildman–Crippen MR) is 65.4 cm³/mol. The van der Waals surface area contributed by atoms with Crippen molar-refractivity contribution in [3.8, 4) is 0 Å². The van der Waals surface area contributed by atoms with E-state index in [0.29, 0.717) is 19.8 Å². The van der Waals surface area contributed by atoms with Crippen LogP contribution in [0.1, 0.15) is 26.7 Å². The molecule has 0 aromatic rings. The summed E-state index contributed by atoms with van der Waals surface area (Å²) in [4.78, 5) is 11.9. The molecule has 1 aliphatic rings. The summed E-state index contributed by atoms with van der Waals surface area (Å²) in [5.74, 6) is -0.240. The van der Waals surface area contributed by atoms with E-state index in [1.807, 2.05) is 0 Å². The quantitative estimate of drug-likeness (QED) is 0.608. The standard InChI is InChI=1S/C12H24N2O3/c1-12(2,4-3-5-15)8-14-11(16)9-6-17-7-10(9)13/h9-10,15H,3-8,13H2,1-2H3,(H,14,16). The van der Waals surface area contributed by atoms with Gasteiger partial charge in [0.05, 0.1) is 19.1 Å². The molecule has 0 spiro atoms. The highest BCUT2D eigenvalue weighted by Gasteiger charge is 2.32. The zero-order valence-electron chi connectivity index (χ0n) is 10.7. The summed E-state index contributed by atoms with van der Waals surface area (Å²) in [6.07, 6.45) is 1.64. The van der Waals surface area contributed by atoms with Gasteiger partial charge >= 0.3 is 0 Å².